The van der Waals surface area contributed by atoms with Gasteiger partial charge in [0.2, 0.25) is 0 Å². The van der Waals surface area contributed by atoms with Crippen molar-refractivity contribution in [2.45, 2.75) is 19.9 Å². The molecule has 3 aromatic rings. The molecule has 0 fully saturated rings. The van der Waals surface area contributed by atoms with Gasteiger partial charge in [0.15, 0.2) is 0 Å². The van der Waals surface area contributed by atoms with Crippen molar-refractivity contribution in [3.63, 3.8) is 0 Å². The van der Waals surface area contributed by atoms with Crippen LogP contribution in [0.5, 0.6) is 0 Å². The van der Waals surface area contributed by atoms with Gasteiger partial charge < -0.3 is 10.6 Å². The Labute approximate surface area is 149 Å². The smallest absolute Gasteiger partial charge is 0.319 e. The summed E-state index contributed by atoms with van der Waals surface area (Å²) in [6.07, 6.45) is 0. The summed E-state index contributed by atoms with van der Waals surface area (Å²) in [6.45, 7) is 4.35. The van der Waals surface area contributed by atoms with Crippen LogP contribution in [-0.2, 0) is 0 Å². The monoisotopic (exact) mass is 358 g/mol. The van der Waals surface area contributed by atoms with Crippen molar-refractivity contribution in [3.05, 3.63) is 69.9 Å². The SMILES string of the molecule is Cc1cc(C)n(C(CNC(=O)Nc2ccc(F)cc2)c2cccs2)n1. The maximum atomic E-state index is 12.9. The van der Waals surface area contributed by atoms with E-state index in [1.165, 1.54) is 24.3 Å². The van der Waals surface area contributed by atoms with Crippen LogP contribution in [0.2, 0.25) is 0 Å². The van der Waals surface area contributed by atoms with Crippen LogP contribution in [0.3, 0.4) is 0 Å². The zero-order valence-corrected chi connectivity index (χ0v) is 14.8. The molecule has 0 aliphatic heterocycles. The highest BCUT2D eigenvalue weighted by Gasteiger charge is 2.19. The summed E-state index contributed by atoms with van der Waals surface area (Å²) in [4.78, 5) is 13.3. The number of nitrogens with zero attached hydrogens (tertiary/aromatic N) is 2. The van der Waals surface area contributed by atoms with Crippen molar-refractivity contribution < 1.29 is 9.18 Å². The lowest BCUT2D eigenvalue weighted by atomic mass is 10.2. The Hall–Kier alpha value is -2.67. The van der Waals surface area contributed by atoms with E-state index in [9.17, 15) is 9.18 Å². The van der Waals surface area contributed by atoms with Crippen LogP contribution in [-0.4, -0.2) is 22.4 Å². The molecular weight excluding hydrogens is 339 g/mol. The van der Waals surface area contributed by atoms with Crippen molar-refractivity contribution in [2.24, 2.45) is 0 Å². The van der Waals surface area contributed by atoms with Crippen LogP contribution < -0.4 is 10.6 Å². The Morgan fingerprint density at radius 2 is 2.04 bits per heavy atom. The number of aryl methyl sites for hydroxylation is 2. The lowest BCUT2D eigenvalue weighted by Crippen LogP contribution is -2.34. The van der Waals surface area contributed by atoms with Crippen LogP contribution >= 0.6 is 11.3 Å². The molecule has 0 bridgehead atoms. The number of rotatable bonds is 5. The van der Waals surface area contributed by atoms with Gasteiger partial charge in [-0.1, -0.05) is 6.07 Å². The quantitative estimate of drug-likeness (QED) is 0.721. The molecule has 0 saturated heterocycles. The van der Waals surface area contributed by atoms with E-state index in [-0.39, 0.29) is 17.9 Å². The number of urea groups is 1. The van der Waals surface area contributed by atoms with Crippen molar-refractivity contribution in [1.29, 1.82) is 0 Å². The van der Waals surface area contributed by atoms with E-state index in [0.717, 1.165) is 16.3 Å². The van der Waals surface area contributed by atoms with E-state index in [0.29, 0.717) is 12.2 Å². The molecule has 1 aromatic carbocycles. The first-order valence-electron chi connectivity index (χ1n) is 7.89. The average Bonchev–Trinajstić information content (AvgIpc) is 3.20. The minimum Gasteiger partial charge on any atom is -0.335 e. The summed E-state index contributed by atoms with van der Waals surface area (Å²) in [6, 6.07) is 11.3. The molecule has 1 unspecified atom stereocenters. The van der Waals surface area contributed by atoms with Crippen molar-refractivity contribution in [1.82, 2.24) is 15.1 Å². The maximum Gasteiger partial charge on any atom is 0.319 e. The number of nitrogens with one attached hydrogen (secondary N) is 2. The first-order chi connectivity index (χ1) is 12.0. The molecule has 0 spiro atoms. The zero-order chi connectivity index (χ0) is 17.8. The van der Waals surface area contributed by atoms with Gasteiger partial charge >= 0.3 is 6.03 Å². The Balaban J connectivity index is 1.69. The lowest BCUT2D eigenvalue weighted by molar-refractivity contribution is 0.250. The molecule has 0 aliphatic rings. The maximum absolute atomic E-state index is 12.9. The predicted molar refractivity (Wildman–Crippen MR) is 97.6 cm³/mol. The van der Waals surface area contributed by atoms with Crippen LogP contribution in [0.15, 0.2) is 47.8 Å². The second-order valence-corrected chi connectivity index (χ2v) is 6.72. The standard InChI is InChI=1S/C18H19FN4OS/c1-12-10-13(2)23(22-12)16(17-4-3-9-25-17)11-20-18(24)21-15-7-5-14(19)6-8-15/h3-10,16H,11H2,1-2H3,(H2,20,21,24). The first kappa shape index (κ1) is 17.2. The molecular formula is C18H19FN4OS. The molecule has 2 amide bonds. The lowest BCUT2D eigenvalue weighted by Gasteiger charge is -2.19. The van der Waals surface area contributed by atoms with Gasteiger partial charge in [-0.15, -0.1) is 11.3 Å². The van der Waals surface area contributed by atoms with Gasteiger partial charge in [-0.3, -0.25) is 4.68 Å². The molecule has 2 heterocycles. The number of aromatic nitrogens is 2. The molecule has 0 saturated carbocycles. The van der Waals surface area contributed by atoms with E-state index in [1.807, 2.05) is 42.1 Å². The van der Waals surface area contributed by atoms with E-state index in [1.54, 1.807) is 11.3 Å². The van der Waals surface area contributed by atoms with Crippen molar-refractivity contribution >= 4 is 23.1 Å². The topological polar surface area (TPSA) is 59.0 Å². The molecule has 7 heteroatoms. The highest BCUT2D eigenvalue weighted by atomic mass is 32.1. The Morgan fingerprint density at radius 1 is 1.28 bits per heavy atom. The van der Waals surface area contributed by atoms with Gasteiger partial charge in [0, 0.05) is 22.8 Å². The van der Waals surface area contributed by atoms with E-state index >= 15 is 0 Å². The summed E-state index contributed by atoms with van der Waals surface area (Å²) in [7, 11) is 0. The summed E-state index contributed by atoms with van der Waals surface area (Å²) in [5.41, 5.74) is 2.52. The van der Waals surface area contributed by atoms with Crippen LogP contribution in [0.4, 0.5) is 14.9 Å². The number of benzene rings is 1. The molecule has 5 nitrogen and oxygen atoms in total. The van der Waals surface area contributed by atoms with Crippen LogP contribution in [0, 0.1) is 19.7 Å². The summed E-state index contributed by atoms with van der Waals surface area (Å²) in [5, 5.41) is 12.1. The molecule has 0 aliphatic carbocycles. The van der Waals surface area contributed by atoms with Gasteiger partial charge in [-0.05, 0) is 55.6 Å². The second kappa shape index (κ2) is 7.48. The molecule has 0 radical (unpaired) electrons. The van der Waals surface area contributed by atoms with Gasteiger partial charge in [-0.2, -0.15) is 5.10 Å². The molecule has 130 valence electrons. The van der Waals surface area contributed by atoms with Gasteiger partial charge in [0.05, 0.1) is 5.69 Å². The number of halogens is 1. The van der Waals surface area contributed by atoms with Crippen molar-refractivity contribution in [3.8, 4) is 0 Å². The minimum absolute atomic E-state index is 0.0762. The third kappa shape index (κ3) is 4.24. The average molecular weight is 358 g/mol. The number of carbonyl (C=O) groups is 1. The Bertz CT molecular complexity index is 843. The second-order valence-electron chi connectivity index (χ2n) is 5.74. The van der Waals surface area contributed by atoms with Gasteiger partial charge in [-0.25, -0.2) is 9.18 Å². The number of anilines is 1. The number of thiophene rings is 1. The number of hydrogen-bond donors (Lipinski definition) is 2. The van der Waals surface area contributed by atoms with E-state index in [2.05, 4.69) is 15.7 Å². The minimum atomic E-state index is -0.340. The summed E-state index contributed by atoms with van der Waals surface area (Å²) in [5.74, 6) is -0.340. The molecule has 3 rings (SSSR count). The van der Waals surface area contributed by atoms with Crippen LogP contribution in [0.25, 0.3) is 0 Å². The van der Waals surface area contributed by atoms with E-state index < -0.39 is 0 Å². The van der Waals surface area contributed by atoms with Gasteiger partial charge in [0.1, 0.15) is 11.9 Å². The number of amides is 2. The normalized spacial score (nSPS) is 12.0. The highest BCUT2D eigenvalue weighted by Crippen LogP contribution is 2.24. The third-order valence-electron chi connectivity index (χ3n) is 3.77. The first-order valence-corrected chi connectivity index (χ1v) is 8.77. The summed E-state index contributed by atoms with van der Waals surface area (Å²) < 4.78 is 14.9. The third-order valence-corrected chi connectivity index (χ3v) is 4.74. The summed E-state index contributed by atoms with van der Waals surface area (Å²) >= 11 is 1.63. The number of hydrogen-bond acceptors (Lipinski definition) is 3. The molecule has 25 heavy (non-hydrogen) atoms. The fraction of sp³-hybridized carbons (Fsp3) is 0.222. The Kier molecular flexibility index (Phi) is 5.14. The van der Waals surface area contributed by atoms with Crippen molar-refractivity contribution in [2.75, 3.05) is 11.9 Å². The predicted octanol–water partition coefficient (Wildman–Crippen LogP) is 4.11. The van der Waals surface area contributed by atoms with E-state index in [4.69, 9.17) is 0 Å². The highest BCUT2D eigenvalue weighted by molar-refractivity contribution is 7.10. The molecule has 1 atom stereocenters. The molecule has 2 N–H and O–H groups in total. The fourth-order valence-electron chi connectivity index (χ4n) is 2.65. The van der Waals surface area contributed by atoms with Crippen LogP contribution in [0.1, 0.15) is 22.3 Å². The number of carbonyl (C=O) groups excluding carboxylic acids is 1. The zero-order valence-electron chi connectivity index (χ0n) is 14.0. The fourth-order valence-corrected chi connectivity index (χ4v) is 3.46. The molecule has 2 aromatic heterocycles. The Morgan fingerprint density at radius 3 is 2.64 bits per heavy atom. The van der Waals surface area contributed by atoms with Gasteiger partial charge in [0.25, 0.3) is 0 Å². The largest absolute Gasteiger partial charge is 0.335 e.